The highest BCUT2D eigenvalue weighted by Gasteiger charge is 2.23. The lowest BCUT2D eigenvalue weighted by Gasteiger charge is -2.11. The van der Waals surface area contributed by atoms with Crippen molar-refractivity contribution in [3.63, 3.8) is 0 Å². The van der Waals surface area contributed by atoms with Crippen LogP contribution in [0.1, 0.15) is 24.0 Å². The van der Waals surface area contributed by atoms with Crippen LogP contribution < -0.4 is 14.8 Å². The number of fused-ring (bicyclic) bond motifs is 1. The highest BCUT2D eigenvalue weighted by Crippen LogP contribution is 2.35. The van der Waals surface area contributed by atoms with E-state index in [1.165, 1.54) is 11.3 Å². The summed E-state index contributed by atoms with van der Waals surface area (Å²) in [5.74, 6) is 0.881. The van der Waals surface area contributed by atoms with Crippen molar-refractivity contribution in [2.45, 2.75) is 36.2 Å². The molecule has 2 atom stereocenters. The number of aromatic nitrogens is 2. The van der Waals surface area contributed by atoms with E-state index in [-0.39, 0.29) is 12.0 Å². The number of methoxy groups -OCH3 is 1. The maximum Gasteiger partial charge on any atom is 0.249 e. The van der Waals surface area contributed by atoms with Gasteiger partial charge in [0.25, 0.3) is 0 Å². The summed E-state index contributed by atoms with van der Waals surface area (Å²) in [4.78, 5) is 12.3. The van der Waals surface area contributed by atoms with Gasteiger partial charge in [-0.3, -0.25) is 14.2 Å². The molecule has 3 heterocycles. The van der Waals surface area contributed by atoms with E-state index in [9.17, 15) is 9.00 Å². The minimum absolute atomic E-state index is 0.0803. The highest BCUT2D eigenvalue weighted by molar-refractivity contribution is 8.34. The molecule has 0 bridgehead atoms. The van der Waals surface area contributed by atoms with Crippen LogP contribution in [0.3, 0.4) is 0 Å². The van der Waals surface area contributed by atoms with Gasteiger partial charge in [0.15, 0.2) is 14.5 Å². The van der Waals surface area contributed by atoms with Crippen molar-refractivity contribution < 1.29 is 18.5 Å². The molecule has 1 amide bonds. The van der Waals surface area contributed by atoms with Crippen molar-refractivity contribution in [1.29, 1.82) is 0 Å². The van der Waals surface area contributed by atoms with Crippen LogP contribution in [-0.2, 0) is 42.5 Å². The zero-order valence-electron chi connectivity index (χ0n) is 19.9. The average Bonchev–Trinajstić information content (AvgIpc) is 3.64. The molecule has 1 aliphatic rings. The van der Waals surface area contributed by atoms with Gasteiger partial charge >= 0.3 is 0 Å². The molecular weight excluding hydrogens is 552 g/mol. The number of carbonyl (C=O) groups excluding carboxylic acids is 1. The average molecular weight is 577 g/mol. The van der Waals surface area contributed by atoms with Crippen LogP contribution in [0.25, 0.3) is 10.9 Å². The van der Waals surface area contributed by atoms with Gasteiger partial charge in [0.2, 0.25) is 5.91 Å². The summed E-state index contributed by atoms with van der Waals surface area (Å²) in [5.41, 5.74) is 2.76. The molecule has 194 valence electrons. The first-order chi connectivity index (χ1) is 17.8. The van der Waals surface area contributed by atoms with E-state index < -0.39 is 8.68 Å². The van der Waals surface area contributed by atoms with E-state index in [0.29, 0.717) is 45.2 Å². The van der Waals surface area contributed by atoms with E-state index in [4.69, 9.17) is 37.4 Å². The summed E-state index contributed by atoms with van der Waals surface area (Å²) in [5, 5.41) is 8.38. The molecule has 2 aromatic heterocycles. The van der Waals surface area contributed by atoms with Crippen LogP contribution in [0.15, 0.2) is 58.8 Å². The molecule has 0 saturated carbocycles. The van der Waals surface area contributed by atoms with E-state index in [2.05, 4.69) is 10.0 Å². The summed E-state index contributed by atoms with van der Waals surface area (Å²) >= 11 is 12.6. The van der Waals surface area contributed by atoms with Gasteiger partial charge in [0.1, 0.15) is 16.1 Å². The molecule has 12 heteroatoms. The number of nitrogens with one attached hydrogen (secondary N) is 2. The molecule has 1 fully saturated rings. The minimum atomic E-state index is -3.06. The number of nitrogens with zero attached hydrogens (tertiary/aromatic N) is 2. The molecular formula is C25H25ClN4O4S3. The largest absolute Gasteiger partial charge is 0.496 e. The molecule has 1 saturated heterocycles. The molecule has 1 aliphatic heterocycles. The number of hydrogen-bond acceptors (Lipinski definition) is 7. The first-order valence-corrected chi connectivity index (χ1v) is 15.3. The first kappa shape index (κ1) is 25.9. The fourth-order valence-electron chi connectivity index (χ4n) is 4.28. The number of thiophene rings is 1. The van der Waals surface area contributed by atoms with E-state index in [0.717, 1.165) is 29.5 Å². The monoisotopic (exact) mass is 576 g/mol. The Kier molecular flexibility index (Phi) is 7.68. The predicted molar refractivity (Wildman–Crippen MR) is 149 cm³/mol. The number of hydrogen-bond donors (Lipinski definition) is 2. The maximum absolute atomic E-state index is 13.4. The van der Waals surface area contributed by atoms with Crippen molar-refractivity contribution in [3.05, 3.63) is 70.1 Å². The molecule has 5 rings (SSSR count). The Balaban J connectivity index is 1.41. The van der Waals surface area contributed by atoms with Crippen molar-refractivity contribution in [2.75, 3.05) is 18.4 Å². The standard InChI is InChI=1S/C25H25ClN4O4S3/c1-33-19-8-3-7-18-23(19)24(29-37(32,35)22-11-10-21(26)36-22)28-30(18)15-17-6-2-5-16(13-17)14-27-25(31)20-9-4-12-34-20/h2-3,5-8,10-11,13,20H,4,9,12,14-15H2,1H3,(H,27,31)(H,28,29). The Labute approximate surface area is 228 Å². The number of ether oxygens (including phenoxy) is 2. The molecule has 8 nitrogen and oxygen atoms in total. The fourth-order valence-corrected chi connectivity index (χ4v) is 7.48. The lowest BCUT2D eigenvalue weighted by atomic mass is 10.1. The summed E-state index contributed by atoms with van der Waals surface area (Å²) in [6.45, 7) is 1.49. The van der Waals surface area contributed by atoms with Gasteiger partial charge in [0.05, 0.1) is 28.9 Å². The van der Waals surface area contributed by atoms with Gasteiger partial charge < -0.3 is 14.8 Å². The van der Waals surface area contributed by atoms with Gasteiger partial charge in [-0.25, -0.2) is 4.21 Å². The predicted octanol–water partition coefficient (Wildman–Crippen LogP) is 4.74. The molecule has 0 radical (unpaired) electrons. The Bertz CT molecular complexity index is 1540. The fraction of sp³-hybridized carbons (Fsp3) is 0.280. The maximum atomic E-state index is 13.4. The van der Waals surface area contributed by atoms with Crippen molar-refractivity contribution in [3.8, 4) is 5.75 Å². The summed E-state index contributed by atoms with van der Waals surface area (Å²) in [6, 6.07) is 16.9. The smallest absolute Gasteiger partial charge is 0.249 e. The quantitative estimate of drug-likeness (QED) is 0.299. The summed E-state index contributed by atoms with van der Waals surface area (Å²) in [6.07, 6.45) is 1.31. The first-order valence-electron chi connectivity index (χ1n) is 11.6. The van der Waals surface area contributed by atoms with Crippen LogP contribution in [-0.4, -0.2) is 39.7 Å². The SMILES string of the molecule is COc1cccc2c1c(NS(=O)(=S)c1ccc(Cl)s1)nn2Cc1cccc(CNC(=O)C2CCCO2)c1. The van der Waals surface area contributed by atoms with Crippen molar-refractivity contribution in [1.82, 2.24) is 15.1 Å². The van der Waals surface area contributed by atoms with Gasteiger partial charge in [-0.15, -0.1) is 11.3 Å². The van der Waals surface area contributed by atoms with Gasteiger partial charge in [-0.1, -0.05) is 41.9 Å². The number of anilines is 1. The number of amides is 1. The van der Waals surface area contributed by atoms with Crippen LogP contribution in [0.4, 0.5) is 5.82 Å². The minimum Gasteiger partial charge on any atom is -0.496 e. The Morgan fingerprint density at radius 2 is 2.08 bits per heavy atom. The van der Waals surface area contributed by atoms with E-state index in [1.807, 2.05) is 47.1 Å². The second-order valence-electron chi connectivity index (χ2n) is 8.56. The third-order valence-electron chi connectivity index (χ3n) is 6.02. The lowest BCUT2D eigenvalue weighted by molar-refractivity contribution is -0.130. The second kappa shape index (κ2) is 11.0. The Hall–Kier alpha value is -2.70. The third-order valence-corrected chi connectivity index (χ3v) is 10.2. The number of carbonyl (C=O) groups is 1. The molecule has 2 unspecified atom stereocenters. The van der Waals surface area contributed by atoms with Crippen molar-refractivity contribution in [2.24, 2.45) is 0 Å². The topological polar surface area (TPSA) is 94.5 Å². The normalized spacial score (nSPS) is 17.0. The zero-order chi connectivity index (χ0) is 26.0. The van der Waals surface area contributed by atoms with Gasteiger partial charge in [-0.05, 0) is 48.2 Å². The number of halogens is 1. The van der Waals surface area contributed by atoms with E-state index >= 15 is 0 Å². The van der Waals surface area contributed by atoms with Crippen molar-refractivity contribution >= 4 is 65.4 Å². The Morgan fingerprint density at radius 3 is 2.81 bits per heavy atom. The molecule has 2 aromatic carbocycles. The highest BCUT2D eigenvalue weighted by atomic mass is 35.5. The summed E-state index contributed by atoms with van der Waals surface area (Å²) in [7, 11) is -1.48. The van der Waals surface area contributed by atoms with Crippen LogP contribution in [0.2, 0.25) is 4.34 Å². The van der Waals surface area contributed by atoms with Crippen LogP contribution in [0.5, 0.6) is 5.75 Å². The molecule has 2 N–H and O–H groups in total. The molecule has 0 aliphatic carbocycles. The van der Waals surface area contributed by atoms with Crippen LogP contribution in [0, 0.1) is 0 Å². The van der Waals surface area contributed by atoms with E-state index in [1.54, 1.807) is 19.2 Å². The zero-order valence-corrected chi connectivity index (χ0v) is 23.1. The molecule has 0 spiro atoms. The molecule has 4 aromatic rings. The lowest BCUT2D eigenvalue weighted by Crippen LogP contribution is -2.33. The number of benzene rings is 2. The molecule has 37 heavy (non-hydrogen) atoms. The van der Waals surface area contributed by atoms with Gasteiger partial charge in [-0.2, -0.15) is 5.10 Å². The number of rotatable bonds is 9. The van der Waals surface area contributed by atoms with Crippen LogP contribution >= 0.6 is 22.9 Å². The third kappa shape index (κ3) is 5.75. The summed E-state index contributed by atoms with van der Waals surface area (Å²) < 4.78 is 30.2. The Morgan fingerprint density at radius 1 is 1.27 bits per heavy atom. The second-order valence-corrected chi connectivity index (χ2v) is 13.6. The van der Waals surface area contributed by atoms with Gasteiger partial charge in [0, 0.05) is 24.3 Å².